The molecule has 0 aromatic carbocycles. The van der Waals surface area contributed by atoms with Gasteiger partial charge < -0.3 is 10.5 Å². The SMILES string of the molecule is CSCCC(N)C(=O)OC/C=C(\C)CCC=C(C)C. The van der Waals surface area contributed by atoms with Crippen LogP contribution in [0.5, 0.6) is 0 Å². The number of thioether (sulfide) groups is 1. The average Bonchev–Trinajstić information content (AvgIpc) is 2.35. The van der Waals surface area contributed by atoms with Crippen LogP contribution in [0.2, 0.25) is 0 Å². The van der Waals surface area contributed by atoms with Crippen molar-refractivity contribution in [1.29, 1.82) is 0 Å². The van der Waals surface area contributed by atoms with E-state index in [0.29, 0.717) is 13.0 Å². The molecule has 0 heterocycles. The van der Waals surface area contributed by atoms with Gasteiger partial charge in [-0.05, 0) is 58.1 Å². The van der Waals surface area contributed by atoms with E-state index >= 15 is 0 Å². The number of nitrogens with two attached hydrogens (primary N) is 1. The summed E-state index contributed by atoms with van der Waals surface area (Å²) in [6.45, 7) is 6.57. The molecule has 0 aliphatic heterocycles. The van der Waals surface area contributed by atoms with E-state index in [-0.39, 0.29) is 5.97 Å². The summed E-state index contributed by atoms with van der Waals surface area (Å²) in [5, 5.41) is 0. The number of esters is 1. The molecule has 0 aliphatic carbocycles. The van der Waals surface area contributed by atoms with Gasteiger partial charge in [-0.1, -0.05) is 17.2 Å². The summed E-state index contributed by atoms with van der Waals surface area (Å²) < 4.78 is 5.13. The molecule has 0 bridgehead atoms. The molecule has 0 saturated carbocycles. The molecule has 0 fully saturated rings. The molecule has 110 valence electrons. The average molecular weight is 285 g/mol. The Morgan fingerprint density at radius 2 is 2.00 bits per heavy atom. The Labute approximate surface area is 121 Å². The molecule has 0 aromatic rings. The van der Waals surface area contributed by atoms with Crippen LogP contribution in [0.25, 0.3) is 0 Å². The van der Waals surface area contributed by atoms with E-state index in [1.54, 1.807) is 11.8 Å². The van der Waals surface area contributed by atoms with Gasteiger partial charge in [0.1, 0.15) is 12.6 Å². The van der Waals surface area contributed by atoms with Crippen LogP contribution >= 0.6 is 11.8 Å². The van der Waals surface area contributed by atoms with Crippen molar-refractivity contribution in [1.82, 2.24) is 0 Å². The van der Waals surface area contributed by atoms with Crippen molar-refractivity contribution in [3.63, 3.8) is 0 Å². The lowest BCUT2D eigenvalue weighted by molar-refractivity contribution is -0.144. The lowest BCUT2D eigenvalue weighted by Crippen LogP contribution is -2.32. The molecule has 0 aliphatic rings. The van der Waals surface area contributed by atoms with E-state index in [4.69, 9.17) is 10.5 Å². The highest BCUT2D eigenvalue weighted by Crippen LogP contribution is 2.07. The second-order valence-corrected chi connectivity index (χ2v) is 5.87. The van der Waals surface area contributed by atoms with Crippen LogP contribution in [-0.2, 0) is 9.53 Å². The first-order valence-electron chi connectivity index (χ1n) is 6.67. The van der Waals surface area contributed by atoms with Crippen LogP contribution < -0.4 is 5.73 Å². The highest BCUT2D eigenvalue weighted by atomic mass is 32.2. The highest BCUT2D eigenvalue weighted by Gasteiger charge is 2.13. The third-order valence-electron chi connectivity index (χ3n) is 2.68. The summed E-state index contributed by atoms with van der Waals surface area (Å²) in [6, 6.07) is -0.494. The third-order valence-corrected chi connectivity index (χ3v) is 3.33. The van der Waals surface area contributed by atoms with Gasteiger partial charge in [-0.25, -0.2) is 0 Å². The summed E-state index contributed by atoms with van der Waals surface area (Å²) in [7, 11) is 0. The van der Waals surface area contributed by atoms with Gasteiger partial charge in [-0.3, -0.25) is 4.79 Å². The normalized spacial score (nSPS) is 13.0. The quantitative estimate of drug-likeness (QED) is 0.521. The Morgan fingerprint density at radius 1 is 1.32 bits per heavy atom. The summed E-state index contributed by atoms with van der Waals surface area (Å²) in [5.74, 6) is 0.579. The molecular formula is C15H27NO2S. The fourth-order valence-electron chi connectivity index (χ4n) is 1.43. The molecule has 3 nitrogen and oxygen atoms in total. The lowest BCUT2D eigenvalue weighted by atomic mass is 10.1. The zero-order chi connectivity index (χ0) is 14.7. The summed E-state index contributed by atoms with van der Waals surface area (Å²) >= 11 is 1.68. The van der Waals surface area contributed by atoms with Gasteiger partial charge >= 0.3 is 5.97 Å². The molecule has 4 heteroatoms. The van der Waals surface area contributed by atoms with Gasteiger partial charge in [0.2, 0.25) is 0 Å². The molecule has 19 heavy (non-hydrogen) atoms. The maximum atomic E-state index is 11.5. The van der Waals surface area contributed by atoms with Crippen LogP contribution in [0.3, 0.4) is 0 Å². The number of hydrogen-bond donors (Lipinski definition) is 1. The first-order valence-corrected chi connectivity index (χ1v) is 8.07. The zero-order valence-electron chi connectivity index (χ0n) is 12.6. The Bertz CT molecular complexity index is 320. The molecule has 0 saturated heterocycles. The van der Waals surface area contributed by atoms with Gasteiger partial charge in [0.15, 0.2) is 0 Å². The Hall–Kier alpha value is -0.740. The molecule has 0 amide bonds. The summed E-state index contributed by atoms with van der Waals surface area (Å²) in [6.07, 6.45) is 8.87. The molecule has 2 N–H and O–H groups in total. The predicted molar refractivity (Wildman–Crippen MR) is 84.4 cm³/mol. The number of carbonyl (C=O) groups is 1. The smallest absolute Gasteiger partial charge is 0.323 e. The largest absolute Gasteiger partial charge is 0.460 e. The van der Waals surface area contributed by atoms with E-state index < -0.39 is 6.04 Å². The minimum absolute atomic E-state index is 0.303. The molecule has 1 unspecified atom stereocenters. The fourth-order valence-corrected chi connectivity index (χ4v) is 1.92. The van der Waals surface area contributed by atoms with Crippen molar-refractivity contribution in [2.75, 3.05) is 18.6 Å². The van der Waals surface area contributed by atoms with Crippen molar-refractivity contribution < 1.29 is 9.53 Å². The lowest BCUT2D eigenvalue weighted by Gasteiger charge is -2.09. The Balaban J connectivity index is 3.86. The van der Waals surface area contributed by atoms with Gasteiger partial charge in [0.05, 0.1) is 0 Å². The van der Waals surface area contributed by atoms with Crippen molar-refractivity contribution in [3.05, 3.63) is 23.3 Å². The molecule has 1 atom stereocenters. The van der Waals surface area contributed by atoms with E-state index in [0.717, 1.165) is 18.6 Å². The van der Waals surface area contributed by atoms with Crippen LogP contribution in [0, 0.1) is 0 Å². The van der Waals surface area contributed by atoms with Crippen LogP contribution in [0.15, 0.2) is 23.3 Å². The van der Waals surface area contributed by atoms with Crippen molar-refractivity contribution in [3.8, 4) is 0 Å². The van der Waals surface area contributed by atoms with Gasteiger partial charge in [0.25, 0.3) is 0 Å². The summed E-state index contributed by atoms with van der Waals surface area (Å²) in [5.41, 5.74) is 8.29. The van der Waals surface area contributed by atoms with Gasteiger partial charge in [0, 0.05) is 0 Å². The number of hydrogen-bond acceptors (Lipinski definition) is 4. The standard InChI is InChI=1S/C15H27NO2S/c1-12(2)6-5-7-13(3)8-10-18-15(17)14(16)9-11-19-4/h6,8,14H,5,7,9-11,16H2,1-4H3/b13-8+. The number of ether oxygens (including phenoxy) is 1. The Kier molecular flexibility index (Phi) is 10.7. The van der Waals surface area contributed by atoms with Crippen LogP contribution in [0.1, 0.15) is 40.0 Å². The van der Waals surface area contributed by atoms with Crippen LogP contribution in [-0.4, -0.2) is 30.6 Å². The van der Waals surface area contributed by atoms with Crippen molar-refractivity contribution in [2.45, 2.75) is 46.1 Å². The highest BCUT2D eigenvalue weighted by molar-refractivity contribution is 7.98. The first-order chi connectivity index (χ1) is 8.97. The summed E-state index contributed by atoms with van der Waals surface area (Å²) in [4.78, 5) is 11.5. The van der Waals surface area contributed by atoms with E-state index in [1.807, 2.05) is 12.3 Å². The van der Waals surface area contributed by atoms with Gasteiger partial charge in [-0.15, -0.1) is 0 Å². The molecule has 0 spiro atoms. The molecule has 0 radical (unpaired) electrons. The van der Waals surface area contributed by atoms with Gasteiger partial charge in [-0.2, -0.15) is 11.8 Å². The molecular weight excluding hydrogens is 258 g/mol. The Morgan fingerprint density at radius 3 is 2.58 bits per heavy atom. The monoisotopic (exact) mass is 285 g/mol. The number of rotatable bonds is 9. The van der Waals surface area contributed by atoms with E-state index in [1.165, 1.54) is 11.1 Å². The van der Waals surface area contributed by atoms with Crippen molar-refractivity contribution >= 4 is 17.7 Å². The number of carbonyl (C=O) groups excluding carboxylic acids is 1. The molecule has 0 rings (SSSR count). The second kappa shape index (κ2) is 11.1. The molecule has 0 aromatic heterocycles. The topological polar surface area (TPSA) is 52.3 Å². The predicted octanol–water partition coefficient (Wildman–Crippen LogP) is 3.30. The zero-order valence-corrected chi connectivity index (χ0v) is 13.4. The number of allylic oxidation sites excluding steroid dienone is 3. The fraction of sp³-hybridized carbons (Fsp3) is 0.667. The van der Waals surface area contributed by atoms with Crippen LogP contribution in [0.4, 0.5) is 0 Å². The minimum Gasteiger partial charge on any atom is -0.460 e. The minimum atomic E-state index is -0.494. The third kappa shape index (κ3) is 10.8. The van der Waals surface area contributed by atoms with Crippen molar-refractivity contribution in [2.24, 2.45) is 5.73 Å². The maximum absolute atomic E-state index is 11.5. The van der Waals surface area contributed by atoms with E-state index in [9.17, 15) is 4.79 Å². The maximum Gasteiger partial charge on any atom is 0.323 e. The van der Waals surface area contributed by atoms with E-state index in [2.05, 4.69) is 26.8 Å². The second-order valence-electron chi connectivity index (χ2n) is 4.89. The first kappa shape index (κ1) is 18.3.